The maximum absolute atomic E-state index is 12.6. The summed E-state index contributed by atoms with van der Waals surface area (Å²) < 4.78 is 25.1. The van der Waals surface area contributed by atoms with Crippen LogP contribution in [-0.4, -0.2) is 20.7 Å². The highest BCUT2D eigenvalue weighted by Crippen LogP contribution is 2.21. The molecule has 0 aliphatic heterocycles. The number of sulfone groups is 1. The molecule has 0 saturated heterocycles. The molecule has 1 aromatic carbocycles. The largest absolute Gasteiger partial charge is 0.327 e. The van der Waals surface area contributed by atoms with Crippen molar-refractivity contribution < 1.29 is 8.42 Å². The number of benzene rings is 1. The second kappa shape index (κ2) is 9.00. The molecule has 0 heterocycles. The van der Waals surface area contributed by atoms with Gasteiger partial charge in [-0.1, -0.05) is 51.0 Å². The van der Waals surface area contributed by atoms with Crippen LogP contribution in [0.1, 0.15) is 45.1 Å². The molecule has 1 rings (SSSR count). The Morgan fingerprint density at radius 1 is 1.19 bits per heavy atom. The topological polar surface area (TPSA) is 60.2 Å². The molecule has 0 aliphatic carbocycles. The van der Waals surface area contributed by atoms with Gasteiger partial charge in [-0.3, -0.25) is 0 Å². The summed E-state index contributed by atoms with van der Waals surface area (Å²) in [6, 6.07) is 7.10. The zero-order chi connectivity index (χ0) is 15.7. The van der Waals surface area contributed by atoms with Crippen LogP contribution in [0.25, 0.3) is 6.08 Å². The van der Waals surface area contributed by atoms with Crippen molar-refractivity contribution >= 4 is 15.9 Å². The van der Waals surface area contributed by atoms with E-state index in [1.54, 1.807) is 18.2 Å². The Morgan fingerprint density at radius 2 is 1.86 bits per heavy atom. The van der Waals surface area contributed by atoms with E-state index in [0.29, 0.717) is 11.4 Å². The molecule has 1 aromatic rings. The van der Waals surface area contributed by atoms with E-state index in [0.717, 1.165) is 31.2 Å². The monoisotopic (exact) mass is 309 g/mol. The molecule has 0 fully saturated rings. The molecule has 118 valence electrons. The Balaban J connectivity index is 2.93. The van der Waals surface area contributed by atoms with Gasteiger partial charge in [-0.2, -0.15) is 0 Å². The molecule has 0 radical (unpaired) electrons. The molecule has 0 aliphatic rings. The minimum Gasteiger partial charge on any atom is -0.327 e. The fourth-order valence-corrected chi connectivity index (χ4v) is 4.30. The Bertz CT molecular complexity index is 544. The Morgan fingerprint density at radius 3 is 2.43 bits per heavy atom. The molecule has 4 heteroatoms. The van der Waals surface area contributed by atoms with E-state index >= 15 is 0 Å². The van der Waals surface area contributed by atoms with Crippen LogP contribution in [0.4, 0.5) is 0 Å². The van der Waals surface area contributed by atoms with Crippen molar-refractivity contribution in [1.82, 2.24) is 0 Å². The minimum absolute atomic E-state index is 0.249. The van der Waals surface area contributed by atoms with Gasteiger partial charge >= 0.3 is 0 Å². The third kappa shape index (κ3) is 6.02. The van der Waals surface area contributed by atoms with Gasteiger partial charge in [-0.05, 0) is 36.5 Å². The van der Waals surface area contributed by atoms with Crippen LogP contribution in [0.15, 0.2) is 35.2 Å². The summed E-state index contributed by atoms with van der Waals surface area (Å²) in [7, 11) is -3.22. The molecule has 0 spiro atoms. The first-order valence-electron chi connectivity index (χ1n) is 7.72. The third-order valence-electron chi connectivity index (χ3n) is 3.51. The Hall–Kier alpha value is -1.13. The molecule has 0 unspecified atom stereocenters. The molecular formula is C17H27NO2S. The zero-order valence-corrected chi connectivity index (χ0v) is 13.9. The fourth-order valence-electron chi connectivity index (χ4n) is 2.55. The van der Waals surface area contributed by atoms with Gasteiger partial charge in [0.2, 0.25) is 0 Å². The van der Waals surface area contributed by atoms with Crippen molar-refractivity contribution in [1.29, 1.82) is 0 Å². The molecule has 0 bridgehead atoms. The van der Waals surface area contributed by atoms with E-state index in [1.807, 2.05) is 18.2 Å². The summed E-state index contributed by atoms with van der Waals surface area (Å²) in [5.41, 5.74) is 6.31. The van der Waals surface area contributed by atoms with Crippen LogP contribution in [0.2, 0.25) is 0 Å². The molecule has 0 atom stereocenters. The van der Waals surface area contributed by atoms with Gasteiger partial charge in [0.25, 0.3) is 0 Å². The van der Waals surface area contributed by atoms with Crippen molar-refractivity contribution in [2.24, 2.45) is 11.7 Å². The first-order valence-corrected chi connectivity index (χ1v) is 9.38. The van der Waals surface area contributed by atoms with Gasteiger partial charge in [-0.15, -0.1) is 0 Å². The lowest BCUT2D eigenvalue weighted by atomic mass is 10.0. The van der Waals surface area contributed by atoms with Crippen LogP contribution < -0.4 is 5.73 Å². The normalized spacial score (nSPS) is 12.4. The minimum atomic E-state index is -3.22. The molecule has 2 N–H and O–H groups in total. The number of nitrogens with two attached hydrogens (primary N) is 1. The van der Waals surface area contributed by atoms with Crippen LogP contribution in [-0.2, 0) is 9.84 Å². The fraction of sp³-hybridized carbons (Fsp3) is 0.529. The first kappa shape index (κ1) is 17.9. The molecule has 3 nitrogen and oxygen atoms in total. The first-order chi connectivity index (χ1) is 10.0. The molecular weight excluding hydrogens is 282 g/mol. The van der Waals surface area contributed by atoms with Crippen molar-refractivity contribution in [3.63, 3.8) is 0 Å². The van der Waals surface area contributed by atoms with Crippen molar-refractivity contribution in [2.75, 3.05) is 12.3 Å². The van der Waals surface area contributed by atoms with E-state index in [9.17, 15) is 8.42 Å². The van der Waals surface area contributed by atoms with Gasteiger partial charge in [-0.25, -0.2) is 8.42 Å². The highest BCUT2D eigenvalue weighted by Gasteiger charge is 2.20. The summed E-state index contributed by atoms with van der Waals surface area (Å²) in [6.07, 6.45) is 7.68. The van der Waals surface area contributed by atoms with Crippen molar-refractivity contribution in [3.8, 4) is 0 Å². The molecule has 0 saturated carbocycles. The predicted octanol–water partition coefficient (Wildman–Crippen LogP) is 3.65. The van der Waals surface area contributed by atoms with Crippen LogP contribution in [0.5, 0.6) is 0 Å². The van der Waals surface area contributed by atoms with Gasteiger partial charge in [0.1, 0.15) is 0 Å². The van der Waals surface area contributed by atoms with Crippen molar-refractivity contribution in [3.05, 3.63) is 35.9 Å². The van der Waals surface area contributed by atoms with Crippen molar-refractivity contribution in [2.45, 2.75) is 44.4 Å². The second-order valence-corrected chi connectivity index (χ2v) is 7.47. The summed E-state index contributed by atoms with van der Waals surface area (Å²) in [5.74, 6) is 0.506. The summed E-state index contributed by atoms with van der Waals surface area (Å²) in [5, 5.41) is 0. The summed E-state index contributed by atoms with van der Waals surface area (Å²) >= 11 is 0. The molecule has 0 amide bonds. The Labute approximate surface area is 129 Å². The highest BCUT2D eigenvalue weighted by atomic mass is 32.2. The van der Waals surface area contributed by atoms with E-state index in [4.69, 9.17) is 5.73 Å². The van der Waals surface area contributed by atoms with E-state index < -0.39 is 9.84 Å². The average Bonchev–Trinajstić information content (AvgIpc) is 2.45. The van der Waals surface area contributed by atoms with Gasteiger partial charge in [0, 0.05) is 6.54 Å². The molecule has 0 aromatic heterocycles. The zero-order valence-electron chi connectivity index (χ0n) is 13.1. The van der Waals surface area contributed by atoms with Gasteiger partial charge in [0.05, 0.1) is 10.6 Å². The average molecular weight is 309 g/mol. The van der Waals surface area contributed by atoms with E-state index in [2.05, 4.69) is 13.8 Å². The predicted molar refractivity (Wildman–Crippen MR) is 89.9 cm³/mol. The lowest BCUT2D eigenvalue weighted by Gasteiger charge is -2.15. The second-order valence-electron chi connectivity index (χ2n) is 5.44. The Kier molecular flexibility index (Phi) is 7.68. The van der Waals surface area contributed by atoms with Crippen LogP contribution >= 0.6 is 0 Å². The highest BCUT2D eigenvalue weighted by molar-refractivity contribution is 7.91. The number of rotatable bonds is 9. The van der Waals surface area contributed by atoms with E-state index in [-0.39, 0.29) is 11.7 Å². The molecule has 21 heavy (non-hydrogen) atoms. The van der Waals surface area contributed by atoms with Gasteiger partial charge in [0.15, 0.2) is 9.84 Å². The van der Waals surface area contributed by atoms with E-state index in [1.165, 1.54) is 0 Å². The smallest absolute Gasteiger partial charge is 0.178 e. The van der Waals surface area contributed by atoms with Gasteiger partial charge < -0.3 is 5.73 Å². The standard InChI is InChI=1S/C17H27NO2S/c1-3-7-16(8-4-2)14-21(19,20)17-11-5-9-15(13-17)10-6-12-18/h5-6,9-11,13,16H,3-4,7-8,12,14,18H2,1-2H3. The third-order valence-corrected chi connectivity index (χ3v) is 5.39. The number of hydrogen-bond acceptors (Lipinski definition) is 3. The lowest BCUT2D eigenvalue weighted by Crippen LogP contribution is -2.16. The number of hydrogen-bond donors (Lipinski definition) is 1. The lowest BCUT2D eigenvalue weighted by molar-refractivity contribution is 0.473. The van der Waals surface area contributed by atoms with Crippen LogP contribution in [0.3, 0.4) is 0 Å². The quantitative estimate of drug-likeness (QED) is 0.757. The summed E-state index contributed by atoms with van der Waals surface area (Å²) in [6.45, 7) is 4.66. The SMILES string of the molecule is CCCC(CCC)CS(=O)(=O)c1cccc(C=CCN)c1. The maximum Gasteiger partial charge on any atom is 0.178 e. The maximum atomic E-state index is 12.6. The van der Waals surface area contributed by atoms with Crippen LogP contribution in [0, 0.1) is 5.92 Å². The summed E-state index contributed by atoms with van der Waals surface area (Å²) in [4.78, 5) is 0.416.